The van der Waals surface area contributed by atoms with Gasteiger partial charge in [0.05, 0.1) is 5.76 Å². The van der Waals surface area contributed by atoms with Crippen LogP contribution in [0.2, 0.25) is 0 Å². The van der Waals surface area contributed by atoms with E-state index in [9.17, 15) is 0 Å². The van der Waals surface area contributed by atoms with Crippen molar-refractivity contribution in [2.45, 2.75) is 65.4 Å². The van der Waals surface area contributed by atoms with Gasteiger partial charge < -0.3 is 4.74 Å². The van der Waals surface area contributed by atoms with E-state index < -0.39 is 0 Å². The molecule has 1 aliphatic carbocycles. The maximum Gasteiger partial charge on any atom is 0.117 e. The summed E-state index contributed by atoms with van der Waals surface area (Å²) in [4.78, 5) is 0. The van der Waals surface area contributed by atoms with E-state index in [4.69, 9.17) is 4.74 Å². The molecular weight excluding hydrogens is 196 g/mol. The topological polar surface area (TPSA) is 9.23 Å². The van der Waals surface area contributed by atoms with Gasteiger partial charge in [0.15, 0.2) is 0 Å². The lowest BCUT2D eigenvalue weighted by Gasteiger charge is -2.35. The van der Waals surface area contributed by atoms with Gasteiger partial charge in [-0.3, -0.25) is 0 Å². The van der Waals surface area contributed by atoms with Crippen molar-refractivity contribution in [3.63, 3.8) is 0 Å². The zero-order valence-corrected chi connectivity index (χ0v) is 10.9. The molecular formula is C15H24O. The van der Waals surface area contributed by atoms with Gasteiger partial charge in [-0.05, 0) is 63.5 Å². The van der Waals surface area contributed by atoms with E-state index in [2.05, 4.69) is 26.8 Å². The normalized spacial score (nSPS) is 29.4. The van der Waals surface area contributed by atoms with Gasteiger partial charge in [0.2, 0.25) is 0 Å². The Morgan fingerprint density at radius 2 is 2.06 bits per heavy atom. The lowest BCUT2D eigenvalue weighted by Crippen LogP contribution is -2.26. The number of hydrogen-bond donors (Lipinski definition) is 0. The minimum Gasteiger partial charge on any atom is -0.491 e. The Labute approximate surface area is 99.6 Å². The first-order valence-corrected chi connectivity index (χ1v) is 6.74. The summed E-state index contributed by atoms with van der Waals surface area (Å²) in [7, 11) is 0. The van der Waals surface area contributed by atoms with Gasteiger partial charge in [0.25, 0.3) is 0 Å². The van der Waals surface area contributed by atoms with Crippen LogP contribution in [0.25, 0.3) is 0 Å². The number of allylic oxidation sites excluding steroid dienone is 3. The smallest absolute Gasteiger partial charge is 0.117 e. The molecule has 0 saturated heterocycles. The predicted molar refractivity (Wildman–Crippen MR) is 68.2 cm³/mol. The van der Waals surface area contributed by atoms with Crippen LogP contribution in [0.3, 0.4) is 0 Å². The fourth-order valence-electron chi connectivity index (χ4n) is 3.01. The van der Waals surface area contributed by atoms with E-state index in [1.54, 1.807) is 5.57 Å². The van der Waals surface area contributed by atoms with Crippen LogP contribution in [0.15, 0.2) is 23.0 Å². The minimum atomic E-state index is 0.340. The van der Waals surface area contributed by atoms with Gasteiger partial charge in [0, 0.05) is 6.42 Å². The summed E-state index contributed by atoms with van der Waals surface area (Å²) in [5.74, 6) is 2.12. The van der Waals surface area contributed by atoms with Crippen molar-refractivity contribution in [2.75, 3.05) is 0 Å². The van der Waals surface area contributed by atoms with Gasteiger partial charge in [-0.15, -0.1) is 0 Å². The zero-order chi connectivity index (χ0) is 11.5. The SMILES string of the molecule is CCC1CC(C=C(C)C)OC2=C1CCCC2. The summed E-state index contributed by atoms with van der Waals surface area (Å²) in [5.41, 5.74) is 3.02. The third kappa shape index (κ3) is 2.50. The molecule has 1 nitrogen and oxygen atoms in total. The van der Waals surface area contributed by atoms with Crippen molar-refractivity contribution in [3.8, 4) is 0 Å². The largest absolute Gasteiger partial charge is 0.491 e. The van der Waals surface area contributed by atoms with Crippen LogP contribution in [-0.4, -0.2) is 6.10 Å². The summed E-state index contributed by atoms with van der Waals surface area (Å²) >= 11 is 0. The first kappa shape index (κ1) is 11.8. The third-order valence-electron chi connectivity index (χ3n) is 3.77. The van der Waals surface area contributed by atoms with Crippen LogP contribution in [0.5, 0.6) is 0 Å². The van der Waals surface area contributed by atoms with E-state index in [-0.39, 0.29) is 0 Å². The van der Waals surface area contributed by atoms with Crippen LogP contribution < -0.4 is 0 Å². The first-order valence-electron chi connectivity index (χ1n) is 6.74. The molecule has 0 radical (unpaired) electrons. The second-order valence-corrected chi connectivity index (χ2v) is 5.40. The van der Waals surface area contributed by atoms with Crippen molar-refractivity contribution >= 4 is 0 Å². The fraction of sp³-hybridized carbons (Fsp3) is 0.733. The van der Waals surface area contributed by atoms with Crippen LogP contribution in [0.4, 0.5) is 0 Å². The van der Waals surface area contributed by atoms with Gasteiger partial charge in [-0.2, -0.15) is 0 Å². The molecule has 0 aromatic heterocycles. The van der Waals surface area contributed by atoms with Gasteiger partial charge >= 0.3 is 0 Å². The first-order chi connectivity index (χ1) is 7.70. The van der Waals surface area contributed by atoms with Crippen molar-refractivity contribution in [1.82, 2.24) is 0 Å². The molecule has 0 amide bonds. The highest BCUT2D eigenvalue weighted by atomic mass is 16.5. The lowest BCUT2D eigenvalue weighted by molar-refractivity contribution is 0.0909. The average molecular weight is 220 g/mol. The monoisotopic (exact) mass is 220 g/mol. The maximum absolute atomic E-state index is 6.14. The summed E-state index contributed by atoms with van der Waals surface area (Å²) in [6.07, 6.45) is 10.3. The zero-order valence-electron chi connectivity index (χ0n) is 10.9. The molecule has 0 aromatic carbocycles. The molecule has 0 bridgehead atoms. The molecule has 16 heavy (non-hydrogen) atoms. The molecule has 1 aliphatic heterocycles. The van der Waals surface area contributed by atoms with Gasteiger partial charge in [0.1, 0.15) is 6.10 Å². The van der Waals surface area contributed by atoms with Crippen LogP contribution >= 0.6 is 0 Å². The Kier molecular flexibility index (Phi) is 3.73. The number of rotatable bonds is 2. The van der Waals surface area contributed by atoms with E-state index >= 15 is 0 Å². The molecule has 2 unspecified atom stereocenters. The van der Waals surface area contributed by atoms with Crippen LogP contribution in [0.1, 0.15) is 59.3 Å². The van der Waals surface area contributed by atoms with Crippen LogP contribution in [-0.2, 0) is 4.74 Å². The second-order valence-electron chi connectivity index (χ2n) is 5.40. The summed E-state index contributed by atoms with van der Waals surface area (Å²) in [6, 6.07) is 0. The van der Waals surface area contributed by atoms with Gasteiger partial charge in [-0.1, -0.05) is 12.5 Å². The molecule has 2 atom stereocenters. The molecule has 90 valence electrons. The molecule has 1 heteroatoms. The van der Waals surface area contributed by atoms with Crippen molar-refractivity contribution in [1.29, 1.82) is 0 Å². The number of ether oxygens (including phenoxy) is 1. The Morgan fingerprint density at radius 1 is 1.31 bits per heavy atom. The summed E-state index contributed by atoms with van der Waals surface area (Å²) in [5, 5.41) is 0. The Morgan fingerprint density at radius 3 is 2.75 bits per heavy atom. The highest BCUT2D eigenvalue weighted by Crippen LogP contribution is 2.39. The maximum atomic E-state index is 6.14. The Bertz CT molecular complexity index is 307. The highest BCUT2D eigenvalue weighted by Gasteiger charge is 2.29. The molecule has 2 aliphatic rings. The fourth-order valence-corrected chi connectivity index (χ4v) is 3.01. The van der Waals surface area contributed by atoms with E-state index in [1.807, 2.05) is 0 Å². The average Bonchev–Trinajstić information content (AvgIpc) is 2.27. The molecule has 0 fully saturated rings. The lowest BCUT2D eigenvalue weighted by atomic mass is 9.81. The van der Waals surface area contributed by atoms with Crippen molar-refractivity contribution < 1.29 is 4.74 Å². The summed E-state index contributed by atoms with van der Waals surface area (Å²) < 4.78 is 6.14. The highest BCUT2D eigenvalue weighted by molar-refractivity contribution is 5.20. The van der Waals surface area contributed by atoms with E-state index in [0.29, 0.717) is 6.10 Å². The molecule has 0 aromatic rings. The van der Waals surface area contributed by atoms with E-state index in [0.717, 1.165) is 5.92 Å². The quantitative estimate of drug-likeness (QED) is 0.618. The molecule has 1 heterocycles. The predicted octanol–water partition coefficient (Wildman–Crippen LogP) is 4.60. The number of hydrogen-bond acceptors (Lipinski definition) is 1. The molecule has 0 saturated carbocycles. The van der Waals surface area contributed by atoms with Crippen molar-refractivity contribution in [2.24, 2.45) is 5.92 Å². The van der Waals surface area contributed by atoms with Crippen molar-refractivity contribution in [3.05, 3.63) is 23.0 Å². The standard InChI is InChI=1S/C15H24O/c1-4-12-10-13(9-11(2)3)16-15-8-6-5-7-14(12)15/h9,12-13H,4-8,10H2,1-3H3. The van der Waals surface area contributed by atoms with Crippen LogP contribution in [0, 0.1) is 5.92 Å². The van der Waals surface area contributed by atoms with Gasteiger partial charge in [-0.25, -0.2) is 0 Å². The Balaban J connectivity index is 2.17. The minimum absolute atomic E-state index is 0.340. The summed E-state index contributed by atoms with van der Waals surface area (Å²) in [6.45, 7) is 6.64. The van der Waals surface area contributed by atoms with E-state index in [1.165, 1.54) is 49.9 Å². The molecule has 2 rings (SSSR count). The second kappa shape index (κ2) is 5.07. The molecule has 0 N–H and O–H groups in total. The third-order valence-corrected chi connectivity index (χ3v) is 3.77. The Hall–Kier alpha value is -0.720. The molecule has 0 spiro atoms.